The normalized spacial score (nSPS) is 14.9. The number of ether oxygens (including phenoxy) is 2. The minimum atomic E-state index is -0.425. The molecule has 4 aromatic rings. The molecule has 1 fully saturated rings. The Balaban J connectivity index is 1.28. The molecular formula is C28H22Cl2N2O5S. The SMILES string of the molecule is COC(=O)c1ccc(N2C(=O)CCc3cc(OCc4c(-c5c(Cl)cccc5Cl)noc4C4CC4)ccc32)s1. The van der Waals surface area contributed by atoms with Gasteiger partial charge in [-0.3, -0.25) is 9.69 Å². The maximum absolute atomic E-state index is 12.9. The van der Waals surface area contributed by atoms with E-state index in [4.69, 9.17) is 37.2 Å². The number of methoxy groups -OCH3 is 1. The third-order valence-electron chi connectivity index (χ3n) is 6.70. The van der Waals surface area contributed by atoms with Crippen LogP contribution < -0.4 is 9.64 Å². The molecule has 10 heteroatoms. The van der Waals surface area contributed by atoms with Crippen LogP contribution >= 0.6 is 34.5 Å². The van der Waals surface area contributed by atoms with Crippen molar-refractivity contribution >= 4 is 57.1 Å². The summed E-state index contributed by atoms with van der Waals surface area (Å²) in [5.41, 5.74) is 3.82. The number of aromatic nitrogens is 1. The van der Waals surface area contributed by atoms with Gasteiger partial charge in [-0.25, -0.2) is 4.79 Å². The van der Waals surface area contributed by atoms with Gasteiger partial charge in [-0.05, 0) is 67.3 Å². The second-order valence-electron chi connectivity index (χ2n) is 9.18. The van der Waals surface area contributed by atoms with E-state index in [9.17, 15) is 9.59 Å². The summed E-state index contributed by atoms with van der Waals surface area (Å²) in [6.07, 6.45) is 3.04. The standard InChI is InChI=1S/C28H22Cl2N2O5S/c1-35-28(34)22-10-12-24(38-22)32-21-9-8-17(13-16(21)7-11-23(32)33)36-14-18-26(31-37-27(18)15-5-6-15)25-19(29)3-2-4-20(25)30/h2-4,8-10,12-13,15H,5-7,11,14H2,1H3. The number of rotatable bonds is 7. The topological polar surface area (TPSA) is 81.9 Å². The summed E-state index contributed by atoms with van der Waals surface area (Å²) < 4.78 is 16.8. The number of carbonyl (C=O) groups is 2. The van der Waals surface area contributed by atoms with Gasteiger partial charge in [0.2, 0.25) is 5.91 Å². The average Bonchev–Trinajstić information content (AvgIpc) is 3.49. The number of carbonyl (C=O) groups excluding carboxylic acids is 2. The quantitative estimate of drug-likeness (QED) is 0.214. The molecule has 0 atom stereocenters. The molecule has 2 aromatic heterocycles. The lowest BCUT2D eigenvalue weighted by molar-refractivity contribution is -0.118. The van der Waals surface area contributed by atoms with Crippen LogP contribution in [0.1, 0.15) is 51.7 Å². The number of anilines is 2. The summed E-state index contributed by atoms with van der Waals surface area (Å²) in [5, 5.41) is 5.99. The van der Waals surface area contributed by atoms with E-state index in [2.05, 4.69) is 5.16 Å². The van der Waals surface area contributed by atoms with Gasteiger partial charge in [-0.2, -0.15) is 0 Å². The summed E-state index contributed by atoms with van der Waals surface area (Å²) in [4.78, 5) is 26.9. The van der Waals surface area contributed by atoms with E-state index in [0.717, 1.165) is 35.4 Å². The largest absolute Gasteiger partial charge is 0.489 e. The van der Waals surface area contributed by atoms with E-state index in [-0.39, 0.29) is 12.5 Å². The first-order valence-corrected chi connectivity index (χ1v) is 13.7. The Hall–Kier alpha value is -3.33. The number of thiophene rings is 1. The van der Waals surface area contributed by atoms with E-state index in [0.29, 0.717) is 55.7 Å². The van der Waals surface area contributed by atoms with Crippen LogP contribution in [0.15, 0.2) is 53.1 Å². The van der Waals surface area contributed by atoms with Gasteiger partial charge in [0, 0.05) is 17.9 Å². The third kappa shape index (κ3) is 4.57. The molecule has 2 aliphatic rings. The van der Waals surface area contributed by atoms with Gasteiger partial charge in [0.25, 0.3) is 0 Å². The predicted octanol–water partition coefficient (Wildman–Crippen LogP) is 7.56. The van der Waals surface area contributed by atoms with Crippen molar-refractivity contribution < 1.29 is 23.6 Å². The van der Waals surface area contributed by atoms with Gasteiger partial charge in [-0.1, -0.05) is 34.4 Å². The lowest BCUT2D eigenvalue weighted by Gasteiger charge is -2.28. The molecule has 0 spiro atoms. The number of benzene rings is 2. The Morgan fingerprint density at radius 2 is 1.92 bits per heavy atom. The van der Waals surface area contributed by atoms with E-state index in [1.54, 1.807) is 35.2 Å². The summed E-state index contributed by atoms with van der Waals surface area (Å²) in [6, 6.07) is 14.4. The predicted molar refractivity (Wildman–Crippen MR) is 146 cm³/mol. The minimum Gasteiger partial charge on any atom is -0.489 e. The molecule has 0 bridgehead atoms. The molecular weight excluding hydrogens is 547 g/mol. The fourth-order valence-electron chi connectivity index (χ4n) is 4.66. The zero-order valence-corrected chi connectivity index (χ0v) is 22.7. The number of nitrogens with zero attached hydrogens (tertiary/aromatic N) is 2. The van der Waals surface area contributed by atoms with Crippen molar-refractivity contribution in [3.05, 3.63) is 80.3 Å². The van der Waals surface area contributed by atoms with E-state index < -0.39 is 5.97 Å². The molecule has 0 radical (unpaired) electrons. The highest BCUT2D eigenvalue weighted by Crippen LogP contribution is 2.46. The summed E-state index contributed by atoms with van der Waals surface area (Å²) in [5.74, 6) is 1.35. The number of esters is 1. The number of hydrogen-bond acceptors (Lipinski definition) is 7. The van der Waals surface area contributed by atoms with E-state index in [1.807, 2.05) is 18.2 Å². The maximum atomic E-state index is 12.9. The Morgan fingerprint density at radius 3 is 2.66 bits per heavy atom. The number of amides is 1. The van der Waals surface area contributed by atoms with Gasteiger partial charge >= 0.3 is 5.97 Å². The highest BCUT2D eigenvalue weighted by molar-refractivity contribution is 7.18. The molecule has 3 heterocycles. The van der Waals surface area contributed by atoms with Crippen LogP contribution in [0.25, 0.3) is 11.3 Å². The van der Waals surface area contributed by atoms with Crippen LogP contribution in [-0.2, 0) is 22.6 Å². The van der Waals surface area contributed by atoms with Crippen molar-refractivity contribution in [3.63, 3.8) is 0 Å². The molecule has 1 aliphatic carbocycles. The second-order valence-corrected chi connectivity index (χ2v) is 11.1. The molecule has 0 saturated heterocycles. The van der Waals surface area contributed by atoms with Crippen LogP contribution in [0.3, 0.4) is 0 Å². The first-order valence-electron chi connectivity index (χ1n) is 12.1. The van der Waals surface area contributed by atoms with Crippen LogP contribution in [0, 0.1) is 0 Å². The highest BCUT2D eigenvalue weighted by atomic mass is 35.5. The third-order valence-corrected chi connectivity index (χ3v) is 8.38. The maximum Gasteiger partial charge on any atom is 0.348 e. The molecule has 0 unspecified atom stereocenters. The Kier molecular flexibility index (Phi) is 6.63. The van der Waals surface area contributed by atoms with Crippen molar-refractivity contribution in [2.75, 3.05) is 12.0 Å². The minimum absolute atomic E-state index is 0.0239. The summed E-state index contributed by atoms with van der Waals surface area (Å²) >= 11 is 14.2. The van der Waals surface area contributed by atoms with Crippen LogP contribution in [-0.4, -0.2) is 24.1 Å². The first-order chi connectivity index (χ1) is 18.4. The molecule has 1 amide bonds. The molecule has 38 heavy (non-hydrogen) atoms. The number of fused-ring (bicyclic) bond motifs is 1. The van der Waals surface area contributed by atoms with Gasteiger partial charge in [0.15, 0.2) is 0 Å². The first kappa shape index (κ1) is 25.0. The summed E-state index contributed by atoms with van der Waals surface area (Å²) in [7, 11) is 1.34. The molecule has 1 aliphatic heterocycles. The Labute approximate surface area is 232 Å². The molecule has 6 rings (SSSR count). The van der Waals surface area contributed by atoms with Gasteiger partial charge in [0.05, 0.1) is 28.4 Å². The van der Waals surface area contributed by atoms with Gasteiger partial charge < -0.3 is 14.0 Å². The number of hydrogen-bond donors (Lipinski definition) is 0. The van der Waals surface area contributed by atoms with Gasteiger partial charge in [0.1, 0.15) is 33.7 Å². The Bertz CT molecular complexity index is 1540. The van der Waals surface area contributed by atoms with E-state index >= 15 is 0 Å². The molecule has 1 saturated carbocycles. The zero-order valence-electron chi connectivity index (χ0n) is 20.3. The second kappa shape index (κ2) is 10.1. The van der Waals surface area contributed by atoms with Crippen molar-refractivity contribution in [2.24, 2.45) is 0 Å². The highest BCUT2D eigenvalue weighted by Gasteiger charge is 2.34. The molecule has 7 nitrogen and oxygen atoms in total. The molecule has 194 valence electrons. The average molecular weight is 569 g/mol. The molecule has 0 N–H and O–H groups in total. The van der Waals surface area contributed by atoms with Crippen LogP contribution in [0.2, 0.25) is 10.0 Å². The lowest BCUT2D eigenvalue weighted by atomic mass is 10.0. The van der Waals surface area contributed by atoms with Crippen molar-refractivity contribution in [3.8, 4) is 17.0 Å². The fourth-order valence-corrected chi connectivity index (χ4v) is 6.19. The van der Waals surface area contributed by atoms with Gasteiger partial charge in [-0.15, -0.1) is 11.3 Å². The van der Waals surface area contributed by atoms with Crippen LogP contribution in [0.4, 0.5) is 10.7 Å². The zero-order chi connectivity index (χ0) is 26.4. The Morgan fingerprint density at radius 1 is 1.13 bits per heavy atom. The van der Waals surface area contributed by atoms with Crippen LogP contribution in [0.5, 0.6) is 5.75 Å². The van der Waals surface area contributed by atoms with Crippen molar-refractivity contribution in [1.29, 1.82) is 0 Å². The lowest BCUT2D eigenvalue weighted by Crippen LogP contribution is -2.30. The molecule has 2 aromatic carbocycles. The summed E-state index contributed by atoms with van der Waals surface area (Å²) in [6.45, 7) is 0.237. The van der Waals surface area contributed by atoms with E-state index in [1.165, 1.54) is 18.4 Å². The monoisotopic (exact) mass is 568 g/mol. The van der Waals surface area contributed by atoms with Crippen molar-refractivity contribution in [2.45, 2.75) is 38.2 Å². The van der Waals surface area contributed by atoms with Crippen molar-refractivity contribution in [1.82, 2.24) is 5.16 Å². The number of aryl methyl sites for hydroxylation is 1. The smallest absolute Gasteiger partial charge is 0.348 e. The number of halogens is 2. The fraction of sp³-hybridized carbons (Fsp3) is 0.250.